The Morgan fingerprint density at radius 1 is 1.50 bits per heavy atom. The van der Waals surface area contributed by atoms with Crippen molar-refractivity contribution >= 4 is 21.6 Å². The molecule has 0 saturated carbocycles. The van der Waals surface area contributed by atoms with Gasteiger partial charge in [-0.25, -0.2) is 8.42 Å². The van der Waals surface area contributed by atoms with Crippen LogP contribution in [-0.4, -0.2) is 19.9 Å². The molecule has 0 aromatic rings. The zero-order valence-corrected chi connectivity index (χ0v) is 5.96. The number of thioether (sulfide) groups is 1. The molecule has 0 N–H and O–H groups in total. The molecule has 0 spiro atoms. The van der Waals surface area contributed by atoms with Gasteiger partial charge < -0.3 is 0 Å². The third-order valence-electron chi connectivity index (χ3n) is 0.906. The Balaban J connectivity index is 2.58. The van der Waals surface area contributed by atoms with Crippen LogP contribution in [-0.2, 0) is 9.84 Å². The van der Waals surface area contributed by atoms with E-state index in [1.807, 2.05) is 0 Å². The second-order valence-electron chi connectivity index (χ2n) is 1.69. The highest BCUT2D eigenvalue weighted by molar-refractivity contribution is 8.16. The van der Waals surface area contributed by atoms with Crippen LogP contribution in [0.5, 0.6) is 0 Å². The number of sulfone groups is 1. The highest BCUT2D eigenvalue weighted by Crippen LogP contribution is 2.19. The maximum Gasteiger partial charge on any atom is 0.164 e. The third-order valence-corrected chi connectivity index (χ3v) is 4.00. The van der Waals surface area contributed by atoms with Crippen LogP contribution in [0.4, 0.5) is 0 Å². The Morgan fingerprint density at radius 3 is 2.50 bits per heavy atom. The summed E-state index contributed by atoms with van der Waals surface area (Å²) in [6, 6.07) is 0. The van der Waals surface area contributed by atoms with E-state index in [0.29, 0.717) is 5.75 Å². The molecule has 0 unspecified atom stereocenters. The molecule has 0 aromatic carbocycles. The van der Waals surface area contributed by atoms with Gasteiger partial charge in [0.25, 0.3) is 0 Å². The second kappa shape index (κ2) is 2.27. The first-order chi connectivity index (χ1) is 3.71. The van der Waals surface area contributed by atoms with E-state index in [2.05, 4.69) is 0 Å². The lowest BCUT2D eigenvalue weighted by Gasteiger charge is -2.07. The fraction of sp³-hybridized carbons (Fsp3) is 0.750. The van der Waals surface area contributed by atoms with Gasteiger partial charge in [-0.2, -0.15) is 0 Å². The molecule has 1 heterocycles. The number of hydrogen-bond donors (Lipinski definition) is 0. The predicted molar refractivity (Wildman–Crippen MR) is 35.2 cm³/mol. The zero-order chi connectivity index (χ0) is 6.04. The monoisotopic (exact) mass is 151 g/mol. The van der Waals surface area contributed by atoms with E-state index in [9.17, 15) is 8.42 Å². The van der Waals surface area contributed by atoms with Gasteiger partial charge in [-0.3, -0.25) is 0 Å². The van der Waals surface area contributed by atoms with E-state index in [1.165, 1.54) is 16.8 Å². The molecule has 8 heavy (non-hydrogen) atoms. The lowest BCUT2D eigenvalue weighted by Crippen LogP contribution is -2.10. The van der Waals surface area contributed by atoms with Gasteiger partial charge in [-0.15, -0.1) is 11.8 Å². The van der Waals surface area contributed by atoms with Gasteiger partial charge in [0.05, 0.1) is 5.75 Å². The van der Waals surface area contributed by atoms with Crippen molar-refractivity contribution in [3.63, 3.8) is 0 Å². The van der Waals surface area contributed by atoms with Crippen molar-refractivity contribution in [1.82, 2.24) is 0 Å². The molecule has 0 atom stereocenters. The molecule has 1 rings (SSSR count). The highest BCUT2D eigenvalue weighted by Gasteiger charge is 2.15. The van der Waals surface area contributed by atoms with E-state index in [1.54, 1.807) is 0 Å². The third kappa shape index (κ3) is 1.67. The maximum absolute atomic E-state index is 10.6. The summed E-state index contributed by atoms with van der Waals surface area (Å²) >= 11 is 1.39. The van der Waals surface area contributed by atoms with E-state index >= 15 is 0 Å². The standard InChI is InChI=1S/C4H7O2S2/c5-8(6)3-1-2-7-4-8/h4H,1-3H2. The van der Waals surface area contributed by atoms with Crippen molar-refractivity contribution in [3.8, 4) is 0 Å². The first-order valence-electron chi connectivity index (χ1n) is 2.38. The van der Waals surface area contributed by atoms with Gasteiger partial charge in [-0.05, 0) is 12.2 Å². The quantitative estimate of drug-likeness (QED) is 0.510. The molecule has 1 aliphatic heterocycles. The van der Waals surface area contributed by atoms with E-state index in [-0.39, 0.29) is 0 Å². The normalized spacial score (nSPS) is 27.5. The van der Waals surface area contributed by atoms with Crippen molar-refractivity contribution in [2.45, 2.75) is 6.42 Å². The van der Waals surface area contributed by atoms with E-state index in [4.69, 9.17) is 0 Å². The highest BCUT2D eigenvalue weighted by atomic mass is 32.3. The molecule has 1 radical (unpaired) electrons. The molecule has 0 amide bonds. The van der Waals surface area contributed by atoms with Crippen molar-refractivity contribution < 1.29 is 8.42 Å². The van der Waals surface area contributed by atoms with E-state index < -0.39 is 9.84 Å². The van der Waals surface area contributed by atoms with Gasteiger partial charge in [0.1, 0.15) is 5.08 Å². The Kier molecular flexibility index (Phi) is 1.82. The minimum atomic E-state index is -2.74. The van der Waals surface area contributed by atoms with Crippen LogP contribution in [0.3, 0.4) is 0 Å². The fourth-order valence-corrected chi connectivity index (χ4v) is 3.18. The first kappa shape index (κ1) is 6.42. The summed E-state index contributed by atoms with van der Waals surface area (Å²) < 4.78 is 21.1. The number of hydrogen-bond acceptors (Lipinski definition) is 3. The van der Waals surface area contributed by atoms with Crippen LogP contribution in [0.2, 0.25) is 0 Å². The molecule has 1 saturated heterocycles. The summed E-state index contributed by atoms with van der Waals surface area (Å²) in [4.78, 5) is 0. The van der Waals surface area contributed by atoms with Crippen LogP contribution >= 0.6 is 11.8 Å². The van der Waals surface area contributed by atoms with Crippen LogP contribution in [0, 0.1) is 5.08 Å². The van der Waals surface area contributed by atoms with Crippen molar-refractivity contribution in [2.75, 3.05) is 11.5 Å². The molecular formula is C4H7O2S2. The van der Waals surface area contributed by atoms with Gasteiger partial charge in [-0.1, -0.05) is 0 Å². The van der Waals surface area contributed by atoms with Crippen LogP contribution in [0.1, 0.15) is 6.42 Å². The molecule has 0 aromatic heterocycles. The Hall–Kier alpha value is 0.300. The summed E-state index contributed by atoms with van der Waals surface area (Å²) in [6.07, 6.45) is 0.809. The maximum atomic E-state index is 10.6. The van der Waals surface area contributed by atoms with Crippen molar-refractivity contribution in [2.24, 2.45) is 0 Å². The summed E-state index contributed by atoms with van der Waals surface area (Å²) in [5, 5.41) is 1.34. The molecule has 1 aliphatic rings. The molecule has 2 nitrogen and oxygen atoms in total. The van der Waals surface area contributed by atoms with Crippen molar-refractivity contribution in [1.29, 1.82) is 0 Å². The summed E-state index contributed by atoms with van der Waals surface area (Å²) in [6.45, 7) is 0. The SMILES string of the molecule is O=S1(=O)[CH]SCCC1. The molecular weight excluding hydrogens is 144 g/mol. The minimum Gasteiger partial charge on any atom is -0.228 e. The van der Waals surface area contributed by atoms with Crippen LogP contribution in [0.15, 0.2) is 0 Å². The Labute approximate surface area is 53.6 Å². The molecule has 0 aliphatic carbocycles. The molecule has 1 fully saturated rings. The number of rotatable bonds is 0. The molecule has 0 bridgehead atoms. The smallest absolute Gasteiger partial charge is 0.164 e. The Bertz CT molecular complexity index is 147. The molecule has 4 heteroatoms. The fourth-order valence-electron chi connectivity index (χ4n) is 0.543. The van der Waals surface area contributed by atoms with Gasteiger partial charge in [0.15, 0.2) is 9.84 Å². The summed E-state index contributed by atoms with van der Waals surface area (Å²) in [5.74, 6) is 1.30. The lowest BCUT2D eigenvalue weighted by molar-refractivity contribution is 0.601. The lowest BCUT2D eigenvalue weighted by atomic mass is 10.6. The predicted octanol–water partition coefficient (Wildman–Crippen LogP) is 0.657. The van der Waals surface area contributed by atoms with E-state index in [0.717, 1.165) is 12.2 Å². The topological polar surface area (TPSA) is 34.1 Å². The summed E-state index contributed by atoms with van der Waals surface area (Å²) in [7, 11) is -2.74. The van der Waals surface area contributed by atoms with Crippen LogP contribution < -0.4 is 0 Å². The average Bonchev–Trinajstić information content (AvgIpc) is 1.65. The zero-order valence-electron chi connectivity index (χ0n) is 4.33. The van der Waals surface area contributed by atoms with Gasteiger partial charge in [0, 0.05) is 0 Å². The summed E-state index contributed by atoms with van der Waals surface area (Å²) in [5.41, 5.74) is 0. The molecule has 47 valence electrons. The first-order valence-corrected chi connectivity index (χ1v) is 5.15. The largest absolute Gasteiger partial charge is 0.228 e. The second-order valence-corrected chi connectivity index (χ2v) is 4.93. The minimum absolute atomic E-state index is 0.347. The van der Waals surface area contributed by atoms with Crippen molar-refractivity contribution in [3.05, 3.63) is 5.08 Å². The average molecular weight is 151 g/mol. The van der Waals surface area contributed by atoms with Gasteiger partial charge >= 0.3 is 0 Å². The van der Waals surface area contributed by atoms with Crippen LogP contribution in [0.25, 0.3) is 0 Å². The Morgan fingerprint density at radius 2 is 2.25 bits per heavy atom. The van der Waals surface area contributed by atoms with Gasteiger partial charge in [0.2, 0.25) is 0 Å².